The molecule has 0 atom stereocenters. The number of rotatable bonds is 6. The number of thioether (sulfide) groups is 1. The number of aromatic nitrogens is 1. The van der Waals surface area contributed by atoms with Gasteiger partial charge in [-0.2, -0.15) is 10.2 Å². The molecule has 4 rings (SSSR count). The Bertz CT molecular complexity index is 1120. The van der Waals surface area contributed by atoms with Gasteiger partial charge in [0.15, 0.2) is 0 Å². The molecule has 32 heavy (non-hydrogen) atoms. The number of aromatic amines is 1. The van der Waals surface area contributed by atoms with Crippen molar-refractivity contribution in [3.05, 3.63) is 66.2 Å². The Kier molecular flexibility index (Phi) is 7.05. The number of hydrogen-bond acceptors (Lipinski definition) is 5. The van der Waals surface area contributed by atoms with Crippen LogP contribution in [0.1, 0.15) is 5.56 Å². The van der Waals surface area contributed by atoms with Gasteiger partial charge in [-0.1, -0.05) is 30.3 Å². The van der Waals surface area contributed by atoms with E-state index in [2.05, 4.69) is 11.1 Å². The molecule has 0 spiro atoms. The summed E-state index contributed by atoms with van der Waals surface area (Å²) in [7, 11) is 1.63. The fraction of sp³-hybridized carbons (Fsp3) is 0.240. The van der Waals surface area contributed by atoms with E-state index in [1.807, 2.05) is 65.6 Å². The smallest absolute Gasteiger partial charge is 0.258 e. The highest BCUT2D eigenvalue weighted by Gasteiger charge is 2.24. The normalized spacial score (nSPS) is 13.4. The summed E-state index contributed by atoms with van der Waals surface area (Å²) in [6.07, 6.45) is 0. The Morgan fingerprint density at radius 1 is 1.12 bits per heavy atom. The molecule has 0 bridgehead atoms. The molecule has 0 unspecified atom stereocenters. The van der Waals surface area contributed by atoms with Crippen molar-refractivity contribution in [1.82, 2.24) is 4.90 Å². The fourth-order valence-corrected chi connectivity index (χ4v) is 4.52. The van der Waals surface area contributed by atoms with E-state index in [-0.39, 0.29) is 11.7 Å². The second-order valence-corrected chi connectivity index (χ2v) is 8.27. The summed E-state index contributed by atoms with van der Waals surface area (Å²) in [5, 5.41) is 10.7. The summed E-state index contributed by atoms with van der Waals surface area (Å²) in [6.45, 7) is 2.35. The van der Waals surface area contributed by atoms with Crippen LogP contribution in [-0.2, 0) is 9.53 Å². The third kappa shape index (κ3) is 4.93. The van der Waals surface area contributed by atoms with Crippen molar-refractivity contribution in [1.29, 1.82) is 5.26 Å². The van der Waals surface area contributed by atoms with Gasteiger partial charge in [0.1, 0.15) is 17.4 Å². The van der Waals surface area contributed by atoms with E-state index in [1.165, 1.54) is 11.8 Å². The number of nitrogens with one attached hydrogen (secondary N) is 1. The Morgan fingerprint density at radius 2 is 1.84 bits per heavy atom. The Morgan fingerprint density at radius 3 is 2.50 bits per heavy atom. The quantitative estimate of drug-likeness (QED) is 0.540. The molecular weight excluding hydrogens is 422 g/mol. The maximum Gasteiger partial charge on any atom is 0.258 e. The monoisotopic (exact) mass is 446 g/mol. The van der Waals surface area contributed by atoms with Gasteiger partial charge in [-0.3, -0.25) is 4.79 Å². The van der Waals surface area contributed by atoms with Gasteiger partial charge >= 0.3 is 0 Å². The highest BCUT2D eigenvalue weighted by molar-refractivity contribution is 7.99. The van der Waals surface area contributed by atoms with Crippen LogP contribution in [0.5, 0.6) is 5.75 Å². The molecule has 0 aliphatic carbocycles. The number of H-pyrrole nitrogens is 1. The van der Waals surface area contributed by atoms with E-state index >= 15 is 0 Å². The number of nitriles is 1. The molecule has 1 aliphatic rings. The Labute approximate surface area is 191 Å². The molecule has 6 nitrogen and oxygen atoms in total. The largest absolute Gasteiger partial charge is 0.497 e. The zero-order valence-corrected chi connectivity index (χ0v) is 18.7. The van der Waals surface area contributed by atoms with Crippen molar-refractivity contribution >= 4 is 17.7 Å². The molecule has 3 aromatic rings. The lowest BCUT2D eigenvalue weighted by atomic mass is 9.99. The number of nitrogens with zero attached hydrogens (tertiary/aromatic N) is 2. The van der Waals surface area contributed by atoms with Gasteiger partial charge in [-0.15, -0.1) is 0 Å². The van der Waals surface area contributed by atoms with E-state index < -0.39 is 0 Å². The molecule has 0 saturated carbocycles. The minimum absolute atomic E-state index is 0.0479. The molecule has 7 heteroatoms. The predicted molar refractivity (Wildman–Crippen MR) is 123 cm³/mol. The lowest BCUT2D eigenvalue weighted by molar-refractivity contribution is -0.414. The van der Waals surface area contributed by atoms with Gasteiger partial charge in [0, 0.05) is 30.3 Å². The van der Waals surface area contributed by atoms with Gasteiger partial charge in [0.05, 0.1) is 26.1 Å². The summed E-state index contributed by atoms with van der Waals surface area (Å²) in [5.41, 5.74) is 4.14. The first-order chi connectivity index (χ1) is 15.7. The molecule has 1 fully saturated rings. The summed E-state index contributed by atoms with van der Waals surface area (Å²) < 4.78 is 10.6. The van der Waals surface area contributed by atoms with Crippen molar-refractivity contribution in [3.63, 3.8) is 0 Å². The second-order valence-electron chi connectivity index (χ2n) is 7.29. The molecule has 1 amide bonds. The Hall–Kier alpha value is -3.34. The van der Waals surface area contributed by atoms with Crippen molar-refractivity contribution in [2.45, 2.75) is 5.03 Å². The lowest BCUT2D eigenvalue weighted by Gasteiger charge is -2.26. The number of ether oxygens (including phenoxy) is 2. The maximum absolute atomic E-state index is 12.7. The van der Waals surface area contributed by atoms with E-state index in [0.717, 1.165) is 28.1 Å². The molecule has 162 valence electrons. The van der Waals surface area contributed by atoms with Gasteiger partial charge < -0.3 is 14.4 Å². The molecule has 2 aromatic carbocycles. The van der Waals surface area contributed by atoms with Gasteiger partial charge in [-0.25, -0.2) is 0 Å². The summed E-state index contributed by atoms with van der Waals surface area (Å²) >= 11 is 1.36. The topological polar surface area (TPSA) is 76.7 Å². The van der Waals surface area contributed by atoms with Crippen molar-refractivity contribution in [3.8, 4) is 34.2 Å². The zero-order valence-electron chi connectivity index (χ0n) is 17.8. The van der Waals surface area contributed by atoms with Crippen molar-refractivity contribution in [2.75, 3.05) is 39.2 Å². The van der Waals surface area contributed by atoms with Gasteiger partial charge in [0.2, 0.25) is 11.6 Å². The van der Waals surface area contributed by atoms with E-state index in [4.69, 9.17) is 9.47 Å². The first-order valence-electron chi connectivity index (χ1n) is 10.4. The molecule has 2 heterocycles. The van der Waals surface area contributed by atoms with Crippen LogP contribution in [0.25, 0.3) is 22.4 Å². The average Bonchev–Trinajstić information content (AvgIpc) is 2.87. The molecule has 1 aliphatic heterocycles. The summed E-state index contributed by atoms with van der Waals surface area (Å²) in [4.78, 5) is 17.9. The fourth-order valence-electron chi connectivity index (χ4n) is 3.59. The molecule has 0 radical (unpaired) electrons. The molecule has 1 aromatic heterocycles. The minimum Gasteiger partial charge on any atom is -0.497 e. The summed E-state index contributed by atoms with van der Waals surface area (Å²) in [5.74, 6) is 1.06. The van der Waals surface area contributed by atoms with E-state index in [1.54, 1.807) is 7.11 Å². The number of carbonyl (C=O) groups is 1. The highest BCUT2D eigenvalue weighted by atomic mass is 32.2. The number of hydrogen-bond donors (Lipinski definition) is 0. The van der Waals surface area contributed by atoms with Crippen LogP contribution in [0.4, 0.5) is 0 Å². The first kappa shape index (κ1) is 21.9. The van der Waals surface area contributed by atoms with Crippen LogP contribution in [0.2, 0.25) is 0 Å². The van der Waals surface area contributed by atoms with Gasteiger partial charge in [-0.05, 0) is 41.6 Å². The second kappa shape index (κ2) is 10.3. The first-order valence-corrected chi connectivity index (χ1v) is 11.4. The summed E-state index contributed by atoms with van der Waals surface area (Å²) in [6, 6.07) is 21.9. The standard InChI is InChI=1S/C25H23N3O3S/c1-30-20-9-7-18(8-10-20)21-15-23(19-5-3-2-4-6-19)27-25(22(21)16-26)32-17-24(29)28-11-13-31-14-12-28/h2-10,15H,11-14,17H2,1H3/p+1. The lowest BCUT2D eigenvalue weighted by Crippen LogP contribution is -2.41. The molecule has 1 saturated heterocycles. The number of morpholine rings is 1. The van der Waals surface area contributed by atoms with Crippen LogP contribution in [0.3, 0.4) is 0 Å². The third-order valence-corrected chi connectivity index (χ3v) is 6.32. The molecule has 1 N–H and O–H groups in total. The maximum atomic E-state index is 12.7. The van der Waals surface area contributed by atoms with Crippen LogP contribution in [-0.4, -0.2) is 50.0 Å². The van der Waals surface area contributed by atoms with Crippen LogP contribution in [0.15, 0.2) is 65.7 Å². The van der Waals surface area contributed by atoms with Crippen molar-refractivity contribution < 1.29 is 19.3 Å². The van der Waals surface area contributed by atoms with Gasteiger partial charge in [0.25, 0.3) is 5.03 Å². The average molecular weight is 447 g/mol. The number of methoxy groups -OCH3 is 1. The minimum atomic E-state index is 0.0479. The van der Waals surface area contributed by atoms with Crippen LogP contribution >= 0.6 is 11.8 Å². The van der Waals surface area contributed by atoms with Crippen LogP contribution < -0.4 is 9.72 Å². The third-order valence-electron chi connectivity index (χ3n) is 5.33. The van der Waals surface area contributed by atoms with Crippen molar-refractivity contribution in [2.24, 2.45) is 0 Å². The highest BCUT2D eigenvalue weighted by Crippen LogP contribution is 2.32. The predicted octanol–water partition coefficient (Wildman–Crippen LogP) is 3.67. The Balaban J connectivity index is 1.71. The zero-order chi connectivity index (χ0) is 22.3. The number of carbonyl (C=O) groups excluding carboxylic acids is 1. The number of benzene rings is 2. The molecular formula is C25H24N3O3S+. The SMILES string of the molecule is COc1ccc(-c2cc(-c3ccccc3)[nH+]c(SCC(=O)N3CCOCC3)c2C#N)cc1. The number of pyridine rings is 1. The van der Waals surface area contributed by atoms with E-state index in [9.17, 15) is 10.1 Å². The number of amides is 1. The van der Waals surface area contributed by atoms with E-state index in [0.29, 0.717) is 36.9 Å². The van der Waals surface area contributed by atoms with Crippen LogP contribution in [0, 0.1) is 11.3 Å².